The summed E-state index contributed by atoms with van der Waals surface area (Å²) in [5.74, 6) is 2.41. The highest BCUT2D eigenvalue weighted by molar-refractivity contribution is 5.94. The highest BCUT2D eigenvalue weighted by atomic mass is 16.5. The van der Waals surface area contributed by atoms with E-state index in [2.05, 4.69) is 29.2 Å². The second kappa shape index (κ2) is 7.03. The van der Waals surface area contributed by atoms with E-state index in [-0.39, 0.29) is 0 Å². The van der Waals surface area contributed by atoms with E-state index in [1.165, 1.54) is 0 Å². The van der Waals surface area contributed by atoms with Crippen LogP contribution in [0, 0.1) is 0 Å². The van der Waals surface area contributed by atoms with E-state index in [1.54, 1.807) is 19.5 Å². The maximum atomic E-state index is 5.25. The number of hydrogen-bond donors (Lipinski definition) is 0. The molecule has 5 heteroatoms. The Morgan fingerprint density at radius 1 is 0.852 bits per heavy atom. The fourth-order valence-corrected chi connectivity index (χ4v) is 3.04. The van der Waals surface area contributed by atoms with Gasteiger partial charge in [-0.25, -0.2) is 9.97 Å². The Hall–Kier alpha value is -3.47. The van der Waals surface area contributed by atoms with Crippen molar-refractivity contribution in [2.45, 2.75) is 0 Å². The number of rotatable bonds is 4. The lowest BCUT2D eigenvalue weighted by molar-refractivity contribution is 0.415. The summed E-state index contributed by atoms with van der Waals surface area (Å²) in [6, 6.07) is 18.2. The van der Waals surface area contributed by atoms with Gasteiger partial charge in [0.05, 0.1) is 12.6 Å². The van der Waals surface area contributed by atoms with Gasteiger partial charge in [-0.05, 0) is 47.5 Å². The van der Waals surface area contributed by atoms with Crippen molar-refractivity contribution >= 4 is 16.7 Å². The third-order valence-electron chi connectivity index (χ3n) is 4.44. The second-order valence-corrected chi connectivity index (χ2v) is 6.47. The molecule has 0 bridgehead atoms. The van der Waals surface area contributed by atoms with E-state index in [1.807, 2.05) is 49.3 Å². The average Bonchev–Trinajstić information content (AvgIpc) is 2.73. The summed E-state index contributed by atoms with van der Waals surface area (Å²) in [5, 5.41) is 1.01. The lowest BCUT2D eigenvalue weighted by atomic mass is 10.0. The van der Waals surface area contributed by atoms with Gasteiger partial charge < -0.3 is 9.64 Å². The molecule has 0 aliphatic rings. The predicted octanol–water partition coefficient (Wildman–Crippen LogP) is 4.43. The van der Waals surface area contributed by atoms with E-state index in [4.69, 9.17) is 14.7 Å². The van der Waals surface area contributed by atoms with Gasteiger partial charge in [-0.2, -0.15) is 0 Å². The zero-order chi connectivity index (χ0) is 18.8. The third kappa shape index (κ3) is 3.31. The third-order valence-corrected chi connectivity index (χ3v) is 4.44. The molecule has 4 aromatic rings. The van der Waals surface area contributed by atoms with Crippen LogP contribution in [0.4, 0.5) is 5.82 Å². The molecule has 0 saturated heterocycles. The maximum Gasteiger partial charge on any atom is 0.163 e. The number of nitrogens with zero attached hydrogens (tertiary/aromatic N) is 4. The summed E-state index contributed by atoms with van der Waals surface area (Å²) >= 11 is 0. The summed E-state index contributed by atoms with van der Waals surface area (Å²) in [5.41, 5.74) is 4.05. The monoisotopic (exact) mass is 356 g/mol. The molecule has 27 heavy (non-hydrogen) atoms. The van der Waals surface area contributed by atoms with Crippen LogP contribution in [0.2, 0.25) is 0 Å². The molecule has 0 unspecified atom stereocenters. The molecule has 0 radical (unpaired) electrons. The SMILES string of the molecule is COc1ccc(-c2ccc3nc(-c4cccnc4)nc(N(C)C)c3c2)cc1. The quantitative estimate of drug-likeness (QED) is 0.541. The van der Waals surface area contributed by atoms with E-state index in [0.717, 1.165) is 39.2 Å². The largest absolute Gasteiger partial charge is 0.497 e. The van der Waals surface area contributed by atoms with Crippen LogP contribution < -0.4 is 9.64 Å². The van der Waals surface area contributed by atoms with E-state index < -0.39 is 0 Å². The number of methoxy groups -OCH3 is 1. The Balaban J connectivity index is 1.86. The van der Waals surface area contributed by atoms with Gasteiger partial charge in [-0.15, -0.1) is 0 Å². The molecule has 0 N–H and O–H groups in total. The van der Waals surface area contributed by atoms with Gasteiger partial charge in [0.2, 0.25) is 0 Å². The first kappa shape index (κ1) is 17.0. The normalized spacial score (nSPS) is 10.8. The molecule has 0 aliphatic carbocycles. The molecule has 0 saturated carbocycles. The van der Waals surface area contributed by atoms with Crippen LogP contribution in [0.3, 0.4) is 0 Å². The standard InChI is InChI=1S/C22H20N4O/c1-26(2)22-19-13-16(15-6-9-18(27-3)10-7-15)8-11-20(19)24-21(25-22)17-5-4-12-23-14-17/h4-14H,1-3H3. The highest BCUT2D eigenvalue weighted by Gasteiger charge is 2.12. The minimum atomic E-state index is 0.677. The lowest BCUT2D eigenvalue weighted by Gasteiger charge is -2.16. The summed E-state index contributed by atoms with van der Waals surface area (Å²) in [4.78, 5) is 15.7. The van der Waals surface area contributed by atoms with Gasteiger partial charge in [0.25, 0.3) is 0 Å². The Kier molecular flexibility index (Phi) is 4.42. The lowest BCUT2D eigenvalue weighted by Crippen LogP contribution is -2.12. The number of hydrogen-bond acceptors (Lipinski definition) is 5. The van der Waals surface area contributed by atoms with Gasteiger partial charge in [-0.1, -0.05) is 18.2 Å². The fourth-order valence-electron chi connectivity index (χ4n) is 3.04. The molecule has 134 valence electrons. The molecule has 4 rings (SSSR count). The van der Waals surface area contributed by atoms with Gasteiger partial charge >= 0.3 is 0 Å². The maximum absolute atomic E-state index is 5.25. The Morgan fingerprint density at radius 3 is 2.30 bits per heavy atom. The average molecular weight is 356 g/mol. The molecular weight excluding hydrogens is 336 g/mol. The second-order valence-electron chi connectivity index (χ2n) is 6.47. The smallest absolute Gasteiger partial charge is 0.163 e. The minimum absolute atomic E-state index is 0.677. The number of anilines is 1. The molecule has 5 nitrogen and oxygen atoms in total. The van der Waals surface area contributed by atoms with Gasteiger partial charge in [0, 0.05) is 37.4 Å². The van der Waals surface area contributed by atoms with Crippen LogP contribution in [0.15, 0.2) is 67.0 Å². The zero-order valence-electron chi connectivity index (χ0n) is 15.5. The van der Waals surface area contributed by atoms with Crippen LogP contribution in [-0.4, -0.2) is 36.2 Å². The first-order valence-corrected chi connectivity index (χ1v) is 8.69. The fraction of sp³-hybridized carbons (Fsp3) is 0.136. The van der Waals surface area contributed by atoms with Crippen molar-refractivity contribution in [2.75, 3.05) is 26.1 Å². The van der Waals surface area contributed by atoms with Crippen molar-refractivity contribution in [3.05, 3.63) is 67.0 Å². The van der Waals surface area contributed by atoms with Crippen LogP contribution in [0.25, 0.3) is 33.4 Å². The summed E-state index contributed by atoms with van der Waals surface area (Å²) in [6.07, 6.45) is 3.53. The molecule has 2 aromatic heterocycles. The van der Waals surface area contributed by atoms with E-state index in [0.29, 0.717) is 5.82 Å². The predicted molar refractivity (Wildman–Crippen MR) is 109 cm³/mol. The van der Waals surface area contributed by atoms with E-state index >= 15 is 0 Å². The molecule has 0 aliphatic heterocycles. The van der Waals surface area contributed by atoms with Gasteiger partial charge in [0.1, 0.15) is 11.6 Å². The highest BCUT2D eigenvalue weighted by Crippen LogP contribution is 2.31. The first-order chi connectivity index (χ1) is 13.2. The van der Waals surface area contributed by atoms with Gasteiger partial charge in [0.15, 0.2) is 5.82 Å². The van der Waals surface area contributed by atoms with E-state index in [9.17, 15) is 0 Å². The molecule has 0 atom stereocenters. The van der Waals surface area contributed by atoms with Crippen LogP contribution in [-0.2, 0) is 0 Å². The number of pyridine rings is 1. The summed E-state index contributed by atoms with van der Waals surface area (Å²) in [6.45, 7) is 0. The molecule has 2 heterocycles. The molecule has 0 fully saturated rings. The van der Waals surface area contributed by atoms with Crippen molar-refractivity contribution in [1.29, 1.82) is 0 Å². The Morgan fingerprint density at radius 2 is 1.63 bits per heavy atom. The topological polar surface area (TPSA) is 51.1 Å². The molecule has 0 amide bonds. The van der Waals surface area contributed by atoms with Crippen molar-refractivity contribution in [1.82, 2.24) is 15.0 Å². The van der Waals surface area contributed by atoms with Crippen molar-refractivity contribution in [2.24, 2.45) is 0 Å². The first-order valence-electron chi connectivity index (χ1n) is 8.69. The number of fused-ring (bicyclic) bond motifs is 1. The number of aromatic nitrogens is 3. The van der Waals surface area contributed by atoms with Gasteiger partial charge in [-0.3, -0.25) is 4.98 Å². The number of ether oxygens (including phenoxy) is 1. The van der Waals surface area contributed by atoms with Crippen LogP contribution in [0.1, 0.15) is 0 Å². The van der Waals surface area contributed by atoms with Crippen LogP contribution in [0.5, 0.6) is 5.75 Å². The summed E-state index contributed by atoms with van der Waals surface area (Å²) < 4.78 is 5.25. The minimum Gasteiger partial charge on any atom is -0.497 e. The van der Waals surface area contributed by atoms with Crippen molar-refractivity contribution in [3.63, 3.8) is 0 Å². The Labute approximate surface area is 158 Å². The summed E-state index contributed by atoms with van der Waals surface area (Å²) in [7, 11) is 5.66. The molecule has 2 aromatic carbocycles. The Bertz CT molecular complexity index is 1080. The van der Waals surface area contributed by atoms with Crippen LogP contribution >= 0.6 is 0 Å². The zero-order valence-corrected chi connectivity index (χ0v) is 15.5. The molecule has 0 spiro atoms. The van der Waals surface area contributed by atoms with Crippen molar-refractivity contribution in [3.8, 4) is 28.3 Å². The molecular formula is C22H20N4O. The number of benzene rings is 2. The van der Waals surface area contributed by atoms with Crippen molar-refractivity contribution < 1.29 is 4.74 Å².